The third kappa shape index (κ3) is 4.33. The Balaban J connectivity index is 2.14. The fourth-order valence-corrected chi connectivity index (χ4v) is 2.83. The van der Waals surface area contributed by atoms with Gasteiger partial charge in [0.2, 0.25) is 0 Å². The standard InChI is InChI=1S/C15H13BrCl2N2S/c1-2-9-8-10(16)6-7-12(9)19-15(21)20-13-5-3-4-11(17)14(13)18/h3-8H,2H2,1H3,(H2,19,20,21). The van der Waals surface area contributed by atoms with Gasteiger partial charge in [0.05, 0.1) is 15.7 Å². The van der Waals surface area contributed by atoms with Gasteiger partial charge in [0.1, 0.15) is 0 Å². The van der Waals surface area contributed by atoms with Crippen LogP contribution >= 0.6 is 51.3 Å². The van der Waals surface area contributed by atoms with Crippen LogP contribution in [-0.4, -0.2) is 5.11 Å². The summed E-state index contributed by atoms with van der Waals surface area (Å²) in [5.41, 5.74) is 2.82. The number of thiocarbonyl (C=S) groups is 1. The van der Waals surface area contributed by atoms with E-state index in [9.17, 15) is 0 Å². The first-order valence-corrected chi connectivity index (χ1v) is 8.27. The first-order chi connectivity index (χ1) is 10.0. The molecule has 0 unspecified atom stereocenters. The van der Waals surface area contributed by atoms with Gasteiger partial charge in [0, 0.05) is 10.2 Å². The predicted octanol–water partition coefficient (Wildman–Crippen LogP) is 6.13. The Morgan fingerprint density at radius 2 is 1.86 bits per heavy atom. The summed E-state index contributed by atoms with van der Waals surface area (Å²) in [7, 11) is 0. The van der Waals surface area contributed by atoms with Crippen LogP contribution in [0.3, 0.4) is 0 Å². The van der Waals surface area contributed by atoms with Crippen LogP contribution in [0.15, 0.2) is 40.9 Å². The molecule has 110 valence electrons. The van der Waals surface area contributed by atoms with E-state index >= 15 is 0 Å². The summed E-state index contributed by atoms with van der Waals surface area (Å²) in [5, 5.41) is 7.65. The van der Waals surface area contributed by atoms with Gasteiger partial charge >= 0.3 is 0 Å². The van der Waals surface area contributed by atoms with Crippen LogP contribution in [0, 0.1) is 0 Å². The average Bonchev–Trinajstić information content (AvgIpc) is 2.45. The second-order valence-corrected chi connectivity index (χ2v) is 6.44. The monoisotopic (exact) mass is 402 g/mol. The molecule has 0 aromatic heterocycles. The summed E-state index contributed by atoms with van der Waals surface area (Å²) >= 11 is 20.9. The summed E-state index contributed by atoms with van der Waals surface area (Å²) in [6.45, 7) is 2.09. The van der Waals surface area contributed by atoms with Gasteiger partial charge in [-0.1, -0.05) is 52.1 Å². The van der Waals surface area contributed by atoms with E-state index in [1.165, 1.54) is 5.56 Å². The maximum atomic E-state index is 6.13. The smallest absolute Gasteiger partial charge is 0.175 e. The van der Waals surface area contributed by atoms with Crippen molar-refractivity contribution in [3.63, 3.8) is 0 Å². The zero-order valence-corrected chi connectivity index (χ0v) is 15.1. The highest BCUT2D eigenvalue weighted by Crippen LogP contribution is 2.30. The highest BCUT2D eigenvalue weighted by molar-refractivity contribution is 9.10. The van der Waals surface area contributed by atoms with Gasteiger partial charge in [-0.2, -0.15) is 0 Å². The first kappa shape index (κ1) is 16.6. The molecule has 2 N–H and O–H groups in total. The van der Waals surface area contributed by atoms with Gasteiger partial charge in [-0.3, -0.25) is 0 Å². The van der Waals surface area contributed by atoms with Crippen molar-refractivity contribution in [2.75, 3.05) is 10.6 Å². The quantitative estimate of drug-likeness (QED) is 0.603. The molecule has 2 aromatic carbocycles. The van der Waals surface area contributed by atoms with E-state index in [1.807, 2.05) is 24.3 Å². The summed E-state index contributed by atoms with van der Waals surface area (Å²) < 4.78 is 1.04. The summed E-state index contributed by atoms with van der Waals surface area (Å²) in [6, 6.07) is 11.4. The molecule has 0 aliphatic carbocycles. The van der Waals surface area contributed by atoms with Crippen molar-refractivity contribution in [1.29, 1.82) is 0 Å². The van der Waals surface area contributed by atoms with Crippen molar-refractivity contribution in [1.82, 2.24) is 0 Å². The van der Waals surface area contributed by atoms with Crippen LogP contribution in [0.4, 0.5) is 11.4 Å². The lowest BCUT2D eigenvalue weighted by Gasteiger charge is -2.15. The molecule has 0 atom stereocenters. The third-order valence-corrected chi connectivity index (χ3v) is 4.41. The minimum absolute atomic E-state index is 0.454. The number of rotatable bonds is 3. The normalized spacial score (nSPS) is 10.3. The van der Waals surface area contributed by atoms with Crippen molar-refractivity contribution < 1.29 is 0 Å². The van der Waals surface area contributed by atoms with Gasteiger partial charge in [-0.15, -0.1) is 0 Å². The van der Waals surface area contributed by atoms with E-state index < -0.39 is 0 Å². The van der Waals surface area contributed by atoms with E-state index in [-0.39, 0.29) is 0 Å². The van der Waals surface area contributed by atoms with E-state index in [0.29, 0.717) is 20.8 Å². The van der Waals surface area contributed by atoms with Crippen LogP contribution in [0.1, 0.15) is 12.5 Å². The van der Waals surface area contributed by atoms with Gasteiger partial charge in [-0.25, -0.2) is 0 Å². The third-order valence-electron chi connectivity index (χ3n) is 2.90. The average molecular weight is 404 g/mol. The first-order valence-electron chi connectivity index (χ1n) is 6.31. The minimum Gasteiger partial charge on any atom is -0.332 e. The molecule has 21 heavy (non-hydrogen) atoms. The van der Waals surface area contributed by atoms with E-state index in [0.717, 1.165) is 16.6 Å². The molecule has 0 bridgehead atoms. The number of anilines is 2. The van der Waals surface area contributed by atoms with Crippen molar-refractivity contribution in [3.8, 4) is 0 Å². The molecule has 2 nitrogen and oxygen atoms in total. The van der Waals surface area contributed by atoms with Crippen molar-refractivity contribution in [2.45, 2.75) is 13.3 Å². The van der Waals surface area contributed by atoms with Crippen LogP contribution in [0.2, 0.25) is 10.0 Å². The Morgan fingerprint density at radius 3 is 2.57 bits per heavy atom. The molecule has 0 spiro atoms. The molecule has 2 rings (SSSR count). The lowest BCUT2D eigenvalue weighted by Crippen LogP contribution is -2.20. The molecule has 0 heterocycles. The van der Waals surface area contributed by atoms with Crippen LogP contribution in [0.25, 0.3) is 0 Å². The fraction of sp³-hybridized carbons (Fsp3) is 0.133. The SMILES string of the molecule is CCc1cc(Br)ccc1NC(=S)Nc1cccc(Cl)c1Cl. The molecule has 0 saturated heterocycles. The number of benzene rings is 2. The van der Waals surface area contributed by atoms with Crippen LogP contribution in [0.5, 0.6) is 0 Å². The van der Waals surface area contributed by atoms with E-state index in [4.69, 9.17) is 35.4 Å². The molecular weight excluding hydrogens is 391 g/mol. The maximum absolute atomic E-state index is 6.13. The Morgan fingerprint density at radius 1 is 1.14 bits per heavy atom. The number of nitrogens with one attached hydrogen (secondary N) is 2. The minimum atomic E-state index is 0.454. The Hall–Kier alpha value is -0.810. The zero-order chi connectivity index (χ0) is 15.4. The molecule has 0 aliphatic heterocycles. The molecule has 0 saturated carbocycles. The Kier molecular flexibility index (Phi) is 5.88. The maximum Gasteiger partial charge on any atom is 0.175 e. The Labute approximate surface area is 148 Å². The molecule has 0 aliphatic rings. The molecule has 0 radical (unpaired) electrons. The van der Waals surface area contributed by atoms with Gasteiger partial charge in [0.15, 0.2) is 5.11 Å². The summed E-state index contributed by atoms with van der Waals surface area (Å²) in [4.78, 5) is 0. The molecule has 2 aromatic rings. The van der Waals surface area contributed by atoms with Gasteiger partial charge < -0.3 is 10.6 Å². The number of hydrogen-bond acceptors (Lipinski definition) is 1. The second-order valence-electron chi connectivity index (χ2n) is 4.34. The highest BCUT2D eigenvalue weighted by Gasteiger charge is 2.08. The van der Waals surface area contributed by atoms with Gasteiger partial charge in [0.25, 0.3) is 0 Å². The van der Waals surface area contributed by atoms with Crippen LogP contribution in [-0.2, 0) is 6.42 Å². The second kappa shape index (κ2) is 7.45. The van der Waals surface area contributed by atoms with Gasteiger partial charge in [-0.05, 0) is 54.5 Å². The number of aryl methyl sites for hydroxylation is 1. The summed E-state index contributed by atoms with van der Waals surface area (Å²) in [5.74, 6) is 0. The highest BCUT2D eigenvalue weighted by atomic mass is 79.9. The molecular formula is C15H13BrCl2N2S. The molecule has 0 amide bonds. The van der Waals surface area contributed by atoms with E-state index in [2.05, 4.69) is 39.6 Å². The number of halogens is 3. The van der Waals surface area contributed by atoms with Crippen molar-refractivity contribution in [2.24, 2.45) is 0 Å². The topological polar surface area (TPSA) is 24.1 Å². The van der Waals surface area contributed by atoms with E-state index in [1.54, 1.807) is 6.07 Å². The number of hydrogen-bond donors (Lipinski definition) is 2. The molecule has 0 fully saturated rings. The van der Waals surface area contributed by atoms with Crippen molar-refractivity contribution in [3.05, 3.63) is 56.5 Å². The van der Waals surface area contributed by atoms with Crippen LogP contribution < -0.4 is 10.6 Å². The molecule has 6 heteroatoms. The lowest BCUT2D eigenvalue weighted by atomic mass is 10.1. The predicted molar refractivity (Wildman–Crippen MR) is 99.8 cm³/mol. The zero-order valence-electron chi connectivity index (χ0n) is 11.2. The van der Waals surface area contributed by atoms with Crippen molar-refractivity contribution >= 4 is 67.8 Å². The fourth-order valence-electron chi connectivity index (χ4n) is 1.85. The summed E-state index contributed by atoms with van der Waals surface area (Å²) in [6.07, 6.45) is 0.905. The Bertz CT molecular complexity index is 677. The largest absolute Gasteiger partial charge is 0.332 e. The lowest BCUT2D eigenvalue weighted by molar-refractivity contribution is 1.14.